The van der Waals surface area contributed by atoms with E-state index in [1.165, 1.54) is 26.4 Å². The van der Waals surface area contributed by atoms with Crippen molar-refractivity contribution in [3.05, 3.63) is 0 Å². The standard InChI is InChI=1S/C11H21NO2S/c1-8-4-5-9(12-2)10(6-8)15-7-11(13)14-3/h8-10,12H,4-7H2,1-3H3. The first-order valence-corrected chi connectivity index (χ1v) is 6.58. The first-order valence-electron chi connectivity index (χ1n) is 5.53. The molecule has 88 valence electrons. The van der Waals surface area contributed by atoms with Gasteiger partial charge in [0.1, 0.15) is 0 Å². The molecule has 0 heterocycles. The molecule has 1 fully saturated rings. The van der Waals surface area contributed by atoms with Crippen molar-refractivity contribution < 1.29 is 9.53 Å². The van der Waals surface area contributed by atoms with Gasteiger partial charge in [-0.25, -0.2) is 0 Å². The van der Waals surface area contributed by atoms with Crippen LogP contribution < -0.4 is 5.32 Å². The molecule has 3 nitrogen and oxygen atoms in total. The number of methoxy groups -OCH3 is 1. The predicted octanol–water partition coefficient (Wildman–Crippen LogP) is 1.67. The van der Waals surface area contributed by atoms with Crippen molar-refractivity contribution in [3.63, 3.8) is 0 Å². The first kappa shape index (κ1) is 12.8. The van der Waals surface area contributed by atoms with Gasteiger partial charge in [0.05, 0.1) is 12.9 Å². The second kappa shape index (κ2) is 6.38. The third kappa shape index (κ3) is 4.03. The number of esters is 1. The van der Waals surface area contributed by atoms with E-state index >= 15 is 0 Å². The highest BCUT2D eigenvalue weighted by molar-refractivity contribution is 8.00. The molecule has 1 aliphatic carbocycles. The summed E-state index contributed by atoms with van der Waals surface area (Å²) in [6.45, 7) is 2.29. The van der Waals surface area contributed by atoms with Gasteiger partial charge in [-0.05, 0) is 32.2 Å². The number of ether oxygens (including phenoxy) is 1. The number of carbonyl (C=O) groups excluding carboxylic acids is 1. The minimum Gasteiger partial charge on any atom is -0.468 e. The van der Waals surface area contributed by atoms with Crippen LogP contribution in [0.4, 0.5) is 0 Å². The van der Waals surface area contributed by atoms with E-state index < -0.39 is 0 Å². The molecule has 4 heteroatoms. The number of thioether (sulfide) groups is 1. The van der Waals surface area contributed by atoms with E-state index in [0.29, 0.717) is 17.0 Å². The number of hydrogen-bond donors (Lipinski definition) is 1. The normalized spacial score (nSPS) is 31.3. The highest BCUT2D eigenvalue weighted by Gasteiger charge is 2.28. The average molecular weight is 231 g/mol. The lowest BCUT2D eigenvalue weighted by atomic mass is 9.87. The fourth-order valence-corrected chi connectivity index (χ4v) is 3.51. The lowest BCUT2D eigenvalue weighted by Crippen LogP contribution is -2.40. The summed E-state index contributed by atoms with van der Waals surface area (Å²) < 4.78 is 4.66. The molecule has 0 aromatic heterocycles. The highest BCUT2D eigenvalue weighted by atomic mass is 32.2. The lowest BCUT2D eigenvalue weighted by molar-refractivity contribution is -0.137. The summed E-state index contributed by atoms with van der Waals surface area (Å²) in [5.41, 5.74) is 0. The van der Waals surface area contributed by atoms with Crippen molar-refractivity contribution in [2.24, 2.45) is 5.92 Å². The largest absolute Gasteiger partial charge is 0.468 e. The Bertz CT molecular complexity index is 211. The van der Waals surface area contributed by atoms with Crippen molar-refractivity contribution >= 4 is 17.7 Å². The Morgan fingerprint density at radius 3 is 2.87 bits per heavy atom. The number of hydrogen-bond acceptors (Lipinski definition) is 4. The zero-order valence-electron chi connectivity index (χ0n) is 9.79. The molecule has 3 atom stereocenters. The Morgan fingerprint density at radius 2 is 2.27 bits per heavy atom. The van der Waals surface area contributed by atoms with E-state index in [1.807, 2.05) is 7.05 Å². The van der Waals surface area contributed by atoms with Crippen LogP contribution in [-0.2, 0) is 9.53 Å². The number of nitrogens with one attached hydrogen (secondary N) is 1. The van der Waals surface area contributed by atoms with Crippen molar-refractivity contribution in [1.29, 1.82) is 0 Å². The average Bonchev–Trinajstić information content (AvgIpc) is 2.26. The van der Waals surface area contributed by atoms with Crippen LogP contribution in [-0.4, -0.2) is 37.2 Å². The van der Waals surface area contributed by atoms with Crippen molar-refractivity contribution in [2.45, 2.75) is 37.5 Å². The second-order valence-electron chi connectivity index (χ2n) is 4.24. The van der Waals surface area contributed by atoms with Gasteiger partial charge in [-0.15, -0.1) is 11.8 Å². The zero-order chi connectivity index (χ0) is 11.3. The van der Waals surface area contributed by atoms with Crippen molar-refractivity contribution in [3.8, 4) is 0 Å². The molecule has 0 radical (unpaired) electrons. The van der Waals surface area contributed by atoms with Gasteiger partial charge in [0, 0.05) is 11.3 Å². The molecule has 1 saturated carbocycles. The summed E-state index contributed by atoms with van der Waals surface area (Å²) in [6, 6.07) is 0.552. The van der Waals surface area contributed by atoms with Crippen LogP contribution in [0.25, 0.3) is 0 Å². The van der Waals surface area contributed by atoms with E-state index in [-0.39, 0.29) is 5.97 Å². The summed E-state index contributed by atoms with van der Waals surface area (Å²) in [5, 5.41) is 3.90. The topological polar surface area (TPSA) is 38.3 Å². The molecule has 0 aromatic carbocycles. The summed E-state index contributed by atoms with van der Waals surface area (Å²) in [5.74, 6) is 1.14. The van der Waals surface area contributed by atoms with Crippen LogP contribution in [0, 0.1) is 5.92 Å². The van der Waals surface area contributed by atoms with E-state index in [0.717, 1.165) is 5.92 Å². The Kier molecular flexibility index (Phi) is 5.47. The molecule has 0 aromatic rings. The van der Waals surface area contributed by atoms with Crippen LogP contribution in [0.1, 0.15) is 26.2 Å². The Morgan fingerprint density at radius 1 is 1.53 bits per heavy atom. The van der Waals surface area contributed by atoms with Crippen LogP contribution >= 0.6 is 11.8 Å². The smallest absolute Gasteiger partial charge is 0.315 e. The minimum absolute atomic E-state index is 0.118. The third-order valence-corrected chi connectivity index (χ3v) is 4.42. The highest BCUT2D eigenvalue weighted by Crippen LogP contribution is 2.32. The molecule has 1 aliphatic rings. The van der Waals surface area contributed by atoms with Gasteiger partial charge in [-0.1, -0.05) is 6.92 Å². The van der Waals surface area contributed by atoms with Gasteiger partial charge in [0.2, 0.25) is 0 Å². The molecular weight excluding hydrogens is 210 g/mol. The monoisotopic (exact) mass is 231 g/mol. The van der Waals surface area contributed by atoms with Crippen molar-refractivity contribution in [2.75, 3.05) is 19.9 Å². The maximum Gasteiger partial charge on any atom is 0.315 e. The Hall–Kier alpha value is -0.220. The van der Waals surface area contributed by atoms with Gasteiger partial charge < -0.3 is 10.1 Å². The second-order valence-corrected chi connectivity index (χ2v) is 5.47. The fraction of sp³-hybridized carbons (Fsp3) is 0.909. The maximum absolute atomic E-state index is 11.1. The van der Waals surface area contributed by atoms with Gasteiger partial charge in [0.25, 0.3) is 0 Å². The number of rotatable bonds is 4. The summed E-state index contributed by atoms with van der Waals surface area (Å²) in [7, 11) is 3.45. The zero-order valence-corrected chi connectivity index (χ0v) is 10.6. The van der Waals surface area contributed by atoms with Gasteiger partial charge in [0.15, 0.2) is 0 Å². The first-order chi connectivity index (χ1) is 7.17. The van der Waals surface area contributed by atoms with Gasteiger partial charge in [-0.3, -0.25) is 4.79 Å². The van der Waals surface area contributed by atoms with Crippen molar-refractivity contribution in [1.82, 2.24) is 5.32 Å². The van der Waals surface area contributed by atoms with E-state index in [9.17, 15) is 4.79 Å². The summed E-state index contributed by atoms with van der Waals surface area (Å²) >= 11 is 1.73. The molecule has 0 saturated heterocycles. The van der Waals surface area contributed by atoms with Gasteiger partial charge in [-0.2, -0.15) is 0 Å². The Balaban J connectivity index is 2.38. The summed E-state index contributed by atoms with van der Waals surface area (Å²) in [4.78, 5) is 11.1. The summed E-state index contributed by atoms with van der Waals surface area (Å²) in [6.07, 6.45) is 3.71. The maximum atomic E-state index is 11.1. The van der Waals surface area contributed by atoms with Crippen LogP contribution in [0.3, 0.4) is 0 Å². The predicted molar refractivity (Wildman–Crippen MR) is 64.1 cm³/mol. The van der Waals surface area contributed by atoms with Crippen LogP contribution in [0.15, 0.2) is 0 Å². The third-order valence-electron chi connectivity index (χ3n) is 3.07. The molecule has 1 N–H and O–H groups in total. The molecule has 0 amide bonds. The Labute approximate surface area is 96.3 Å². The molecular formula is C11H21NO2S. The molecule has 0 aliphatic heterocycles. The minimum atomic E-state index is -0.118. The van der Waals surface area contributed by atoms with E-state index in [2.05, 4.69) is 17.0 Å². The lowest BCUT2D eigenvalue weighted by Gasteiger charge is -2.34. The van der Waals surface area contributed by atoms with Crippen LogP contribution in [0.2, 0.25) is 0 Å². The quantitative estimate of drug-likeness (QED) is 0.747. The van der Waals surface area contributed by atoms with Gasteiger partial charge >= 0.3 is 5.97 Å². The molecule has 15 heavy (non-hydrogen) atoms. The number of carbonyl (C=O) groups is 1. The molecule has 0 spiro atoms. The molecule has 0 bridgehead atoms. The van der Waals surface area contributed by atoms with E-state index in [4.69, 9.17) is 0 Å². The molecule has 3 unspecified atom stereocenters. The van der Waals surface area contributed by atoms with E-state index in [1.54, 1.807) is 11.8 Å². The SMILES string of the molecule is CNC1CCC(C)CC1SCC(=O)OC. The van der Waals surface area contributed by atoms with Crippen LogP contribution in [0.5, 0.6) is 0 Å². The molecule has 1 rings (SSSR count). The fourth-order valence-electron chi connectivity index (χ4n) is 2.08.